The van der Waals surface area contributed by atoms with Crippen LogP contribution in [-0.2, 0) is 0 Å². The Morgan fingerprint density at radius 2 is 2.15 bits per heavy atom. The lowest BCUT2D eigenvalue weighted by molar-refractivity contribution is 0.0264. The Hall–Kier alpha value is -0.770. The van der Waals surface area contributed by atoms with Gasteiger partial charge < -0.3 is 10.8 Å². The maximum absolute atomic E-state index is 9.76. The zero-order valence-electron chi connectivity index (χ0n) is 7.82. The molecule has 74 valence electrons. The first-order valence-electron chi connectivity index (χ1n) is 5.05. The van der Waals surface area contributed by atoms with Gasteiger partial charge in [-0.3, -0.25) is 5.01 Å². The van der Waals surface area contributed by atoms with E-state index < -0.39 is 0 Å². The maximum atomic E-state index is 9.76. The van der Waals surface area contributed by atoms with E-state index in [0.717, 1.165) is 32.2 Å². The third-order valence-electron chi connectivity index (χ3n) is 2.93. The molecule has 0 spiro atoms. The van der Waals surface area contributed by atoms with E-state index in [-0.39, 0.29) is 12.1 Å². The fourth-order valence-corrected chi connectivity index (χ4v) is 2.17. The largest absolute Gasteiger partial charge is 0.391 e. The molecular formula is C9H17N3O. The Kier molecular flexibility index (Phi) is 2.40. The lowest BCUT2D eigenvalue weighted by Crippen LogP contribution is -2.41. The van der Waals surface area contributed by atoms with Gasteiger partial charge in [-0.2, -0.15) is 5.10 Å². The average molecular weight is 183 g/mol. The molecule has 2 aliphatic rings. The lowest BCUT2D eigenvalue weighted by atomic mass is 9.92. The first kappa shape index (κ1) is 8.81. The summed E-state index contributed by atoms with van der Waals surface area (Å²) in [5.74, 6) is 0.706. The van der Waals surface area contributed by atoms with E-state index >= 15 is 0 Å². The van der Waals surface area contributed by atoms with Crippen molar-refractivity contribution in [3.8, 4) is 0 Å². The van der Waals surface area contributed by atoms with E-state index in [4.69, 9.17) is 5.73 Å². The van der Waals surface area contributed by atoms with E-state index in [9.17, 15) is 5.11 Å². The van der Waals surface area contributed by atoms with Crippen LogP contribution in [0.25, 0.3) is 0 Å². The summed E-state index contributed by atoms with van der Waals surface area (Å²) >= 11 is 0. The fourth-order valence-electron chi connectivity index (χ4n) is 2.17. The SMILES string of the molecule is NC1=NN(C2CCCCC2O)CC1. The number of nitrogens with two attached hydrogens (primary N) is 1. The molecule has 4 nitrogen and oxygen atoms in total. The van der Waals surface area contributed by atoms with Gasteiger partial charge in [0.2, 0.25) is 0 Å². The molecule has 13 heavy (non-hydrogen) atoms. The van der Waals surface area contributed by atoms with Crippen LogP contribution >= 0.6 is 0 Å². The molecule has 4 heteroatoms. The van der Waals surface area contributed by atoms with Crippen molar-refractivity contribution >= 4 is 5.84 Å². The highest BCUT2D eigenvalue weighted by molar-refractivity contribution is 5.81. The van der Waals surface area contributed by atoms with Gasteiger partial charge in [-0.15, -0.1) is 0 Å². The molecule has 0 aromatic rings. The van der Waals surface area contributed by atoms with E-state index in [1.807, 2.05) is 5.01 Å². The topological polar surface area (TPSA) is 61.8 Å². The summed E-state index contributed by atoms with van der Waals surface area (Å²) in [6.45, 7) is 0.883. The van der Waals surface area contributed by atoms with Crippen LogP contribution in [0.1, 0.15) is 32.1 Å². The minimum Gasteiger partial charge on any atom is -0.391 e. The van der Waals surface area contributed by atoms with Crippen molar-refractivity contribution in [2.75, 3.05) is 6.54 Å². The smallest absolute Gasteiger partial charge is 0.121 e. The van der Waals surface area contributed by atoms with Gasteiger partial charge in [0.15, 0.2) is 0 Å². The molecule has 0 amide bonds. The zero-order chi connectivity index (χ0) is 9.26. The minimum absolute atomic E-state index is 0.205. The van der Waals surface area contributed by atoms with Gasteiger partial charge in [-0.05, 0) is 12.8 Å². The number of rotatable bonds is 1. The second kappa shape index (κ2) is 3.54. The van der Waals surface area contributed by atoms with Crippen LogP contribution in [-0.4, -0.2) is 34.6 Å². The minimum atomic E-state index is -0.205. The Labute approximate surface area is 78.4 Å². The van der Waals surface area contributed by atoms with Crippen molar-refractivity contribution in [1.29, 1.82) is 0 Å². The Morgan fingerprint density at radius 3 is 2.77 bits per heavy atom. The molecule has 2 unspecified atom stereocenters. The Balaban J connectivity index is 1.99. The first-order chi connectivity index (χ1) is 6.27. The van der Waals surface area contributed by atoms with Crippen molar-refractivity contribution < 1.29 is 5.11 Å². The second-order valence-electron chi connectivity index (χ2n) is 3.92. The van der Waals surface area contributed by atoms with Crippen molar-refractivity contribution in [3.05, 3.63) is 0 Å². The molecule has 2 atom stereocenters. The predicted molar refractivity (Wildman–Crippen MR) is 51.2 cm³/mol. The molecule has 1 saturated carbocycles. The van der Waals surface area contributed by atoms with Crippen LogP contribution in [0.2, 0.25) is 0 Å². The first-order valence-corrected chi connectivity index (χ1v) is 5.05. The molecule has 2 rings (SSSR count). The van der Waals surface area contributed by atoms with E-state index in [1.165, 1.54) is 6.42 Å². The summed E-state index contributed by atoms with van der Waals surface area (Å²) in [5, 5.41) is 16.0. The van der Waals surface area contributed by atoms with Crippen LogP contribution < -0.4 is 5.73 Å². The highest BCUT2D eigenvalue weighted by Crippen LogP contribution is 2.25. The summed E-state index contributed by atoms with van der Waals surface area (Å²) in [7, 11) is 0. The number of nitrogens with zero attached hydrogens (tertiary/aromatic N) is 2. The Morgan fingerprint density at radius 1 is 1.38 bits per heavy atom. The number of hydrazone groups is 1. The fraction of sp³-hybridized carbons (Fsp3) is 0.889. The lowest BCUT2D eigenvalue weighted by Gasteiger charge is -2.33. The Bertz CT molecular complexity index is 217. The van der Waals surface area contributed by atoms with Crippen molar-refractivity contribution in [1.82, 2.24) is 5.01 Å². The molecule has 0 saturated heterocycles. The molecule has 0 bridgehead atoms. The summed E-state index contributed by atoms with van der Waals surface area (Å²) in [6.07, 6.45) is 4.96. The molecule has 1 aliphatic carbocycles. The number of hydrogen-bond donors (Lipinski definition) is 2. The van der Waals surface area contributed by atoms with Crippen LogP contribution in [0.5, 0.6) is 0 Å². The summed E-state index contributed by atoms with van der Waals surface area (Å²) in [4.78, 5) is 0. The molecule has 0 radical (unpaired) electrons. The monoisotopic (exact) mass is 183 g/mol. The van der Waals surface area contributed by atoms with Crippen LogP contribution in [0.15, 0.2) is 5.10 Å². The predicted octanol–water partition coefficient (Wildman–Crippen LogP) is 0.268. The average Bonchev–Trinajstić information content (AvgIpc) is 2.53. The van der Waals surface area contributed by atoms with Crippen LogP contribution in [0, 0.1) is 0 Å². The number of aliphatic hydroxyl groups excluding tert-OH is 1. The summed E-state index contributed by atoms with van der Waals surface area (Å²) in [5.41, 5.74) is 5.60. The number of amidine groups is 1. The van der Waals surface area contributed by atoms with Gasteiger partial charge in [-0.25, -0.2) is 0 Å². The van der Waals surface area contributed by atoms with Gasteiger partial charge in [0.1, 0.15) is 5.84 Å². The standard InChI is InChI=1S/C9H17N3O/c10-9-5-6-12(11-9)7-3-1-2-4-8(7)13/h7-8,13H,1-6H2,(H2,10,11). The third-order valence-corrected chi connectivity index (χ3v) is 2.93. The van der Waals surface area contributed by atoms with E-state index in [1.54, 1.807) is 0 Å². The van der Waals surface area contributed by atoms with Crippen molar-refractivity contribution in [2.24, 2.45) is 10.8 Å². The second-order valence-corrected chi connectivity index (χ2v) is 3.92. The van der Waals surface area contributed by atoms with Gasteiger partial charge in [-0.1, -0.05) is 12.8 Å². The quantitative estimate of drug-likeness (QED) is 0.613. The van der Waals surface area contributed by atoms with E-state index in [0.29, 0.717) is 5.84 Å². The maximum Gasteiger partial charge on any atom is 0.121 e. The highest BCUT2D eigenvalue weighted by Gasteiger charge is 2.30. The molecule has 0 aromatic carbocycles. The van der Waals surface area contributed by atoms with Crippen LogP contribution in [0.4, 0.5) is 0 Å². The molecule has 0 aromatic heterocycles. The zero-order valence-corrected chi connectivity index (χ0v) is 7.82. The van der Waals surface area contributed by atoms with Gasteiger partial charge in [0.05, 0.1) is 12.1 Å². The summed E-state index contributed by atoms with van der Waals surface area (Å²) in [6, 6.07) is 0.217. The molecular weight excluding hydrogens is 166 g/mol. The number of aliphatic hydroxyl groups is 1. The number of hydrogen-bond acceptors (Lipinski definition) is 4. The molecule has 1 fully saturated rings. The van der Waals surface area contributed by atoms with Crippen LogP contribution in [0.3, 0.4) is 0 Å². The van der Waals surface area contributed by atoms with Crippen molar-refractivity contribution in [3.63, 3.8) is 0 Å². The van der Waals surface area contributed by atoms with Gasteiger partial charge in [0.25, 0.3) is 0 Å². The normalized spacial score (nSPS) is 34.8. The molecule has 1 aliphatic heterocycles. The third kappa shape index (κ3) is 1.77. The molecule has 1 heterocycles. The van der Waals surface area contributed by atoms with Crippen molar-refractivity contribution in [2.45, 2.75) is 44.2 Å². The van der Waals surface area contributed by atoms with E-state index in [2.05, 4.69) is 5.10 Å². The summed E-state index contributed by atoms with van der Waals surface area (Å²) < 4.78 is 0. The molecule has 3 N–H and O–H groups in total. The van der Waals surface area contributed by atoms with Gasteiger partial charge in [0, 0.05) is 13.0 Å². The van der Waals surface area contributed by atoms with Gasteiger partial charge >= 0.3 is 0 Å². The highest BCUT2D eigenvalue weighted by atomic mass is 16.3.